The van der Waals surface area contributed by atoms with Crippen molar-refractivity contribution >= 4 is 27.7 Å². The number of hydrogen-bond donors (Lipinski definition) is 1. The summed E-state index contributed by atoms with van der Waals surface area (Å²) in [6.07, 6.45) is 1.64. The fourth-order valence-electron chi connectivity index (χ4n) is 1.44. The molecule has 0 aliphatic heterocycles. The van der Waals surface area contributed by atoms with Crippen molar-refractivity contribution in [3.05, 3.63) is 58.2 Å². The van der Waals surface area contributed by atoms with Crippen LogP contribution in [0.5, 0.6) is 0 Å². The van der Waals surface area contributed by atoms with Crippen LogP contribution in [0.4, 0.5) is 5.82 Å². The predicted octanol–water partition coefficient (Wildman–Crippen LogP) is 3.40. The number of aromatic nitrogens is 1. The van der Waals surface area contributed by atoms with Crippen molar-refractivity contribution in [1.82, 2.24) is 4.98 Å². The lowest BCUT2D eigenvalue weighted by molar-refractivity contribution is 0.102. The largest absolute Gasteiger partial charge is 0.306 e. The summed E-state index contributed by atoms with van der Waals surface area (Å²) in [7, 11) is 0. The van der Waals surface area contributed by atoms with Gasteiger partial charge in [0, 0.05) is 11.8 Å². The average Bonchev–Trinajstić information content (AvgIpc) is 2.32. The van der Waals surface area contributed by atoms with E-state index in [1.165, 1.54) is 0 Å². The van der Waals surface area contributed by atoms with Crippen molar-refractivity contribution in [2.75, 3.05) is 5.32 Å². The number of anilines is 1. The van der Waals surface area contributed by atoms with Gasteiger partial charge < -0.3 is 5.32 Å². The molecule has 2 aromatic rings. The molecule has 1 heterocycles. The summed E-state index contributed by atoms with van der Waals surface area (Å²) in [5.74, 6) is 0.368. The molecule has 0 aliphatic rings. The number of amides is 1. The summed E-state index contributed by atoms with van der Waals surface area (Å²) >= 11 is 3.33. The number of nitrogens with one attached hydrogen (secondary N) is 1. The second-order valence-corrected chi connectivity index (χ2v) is 4.51. The van der Waals surface area contributed by atoms with E-state index in [4.69, 9.17) is 0 Å². The third-order valence-electron chi connectivity index (χ3n) is 2.27. The topological polar surface area (TPSA) is 42.0 Å². The van der Waals surface area contributed by atoms with Gasteiger partial charge in [-0.2, -0.15) is 0 Å². The number of carbonyl (C=O) groups excluding carboxylic acids is 1. The van der Waals surface area contributed by atoms with E-state index in [1.807, 2.05) is 31.2 Å². The Kier molecular flexibility index (Phi) is 3.54. The van der Waals surface area contributed by atoms with Gasteiger partial charge in [-0.05, 0) is 47.1 Å². The molecular weight excluding hydrogens is 280 g/mol. The molecule has 0 fully saturated rings. The Hall–Kier alpha value is -1.68. The highest BCUT2D eigenvalue weighted by Gasteiger charge is 2.08. The number of hydrogen-bond acceptors (Lipinski definition) is 2. The van der Waals surface area contributed by atoms with E-state index in [1.54, 1.807) is 18.3 Å². The van der Waals surface area contributed by atoms with Gasteiger partial charge in [0.2, 0.25) is 0 Å². The molecule has 0 saturated carbocycles. The van der Waals surface area contributed by atoms with E-state index in [9.17, 15) is 4.79 Å². The van der Waals surface area contributed by atoms with Gasteiger partial charge >= 0.3 is 0 Å². The van der Waals surface area contributed by atoms with Crippen LogP contribution >= 0.6 is 15.9 Å². The summed E-state index contributed by atoms with van der Waals surface area (Å²) in [5.41, 5.74) is 1.68. The molecule has 1 amide bonds. The molecule has 0 bridgehead atoms. The van der Waals surface area contributed by atoms with Crippen LogP contribution in [-0.4, -0.2) is 10.9 Å². The molecule has 0 aliphatic carbocycles. The highest BCUT2D eigenvalue weighted by Crippen LogP contribution is 2.19. The Morgan fingerprint density at radius 3 is 2.82 bits per heavy atom. The van der Waals surface area contributed by atoms with Crippen LogP contribution < -0.4 is 5.32 Å². The number of halogens is 1. The summed E-state index contributed by atoms with van der Waals surface area (Å²) in [6.45, 7) is 1.95. The molecule has 86 valence electrons. The molecule has 0 saturated heterocycles. The molecule has 1 N–H and O–H groups in total. The first-order valence-corrected chi connectivity index (χ1v) is 5.94. The van der Waals surface area contributed by atoms with Crippen molar-refractivity contribution in [1.29, 1.82) is 0 Å². The zero-order chi connectivity index (χ0) is 12.3. The first kappa shape index (κ1) is 11.8. The molecule has 0 spiro atoms. The summed E-state index contributed by atoms with van der Waals surface area (Å²) in [5, 5.41) is 2.76. The van der Waals surface area contributed by atoms with Crippen LogP contribution in [0.3, 0.4) is 0 Å². The van der Waals surface area contributed by atoms with E-state index < -0.39 is 0 Å². The molecule has 1 aromatic carbocycles. The Labute approximate surface area is 108 Å². The lowest BCUT2D eigenvalue weighted by Crippen LogP contribution is -2.13. The third-order valence-corrected chi connectivity index (χ3v) is 2.91. The fraction of sp³-hybridized carbons (Fsp3) is 0.0769. The maximum atomic E-state index is 11.9. The minimum absolute atomic E-state index is 0.159. The first-order valence-electron chi connectivity index (χ1n) is 5.15. The number of nitrogens with zero attached hydrogens (tertiary/aromatic N) is 1. The lowest BCUT2D eigenvalue weighted by Gasteiger charge is -2.06. The van der Waals surface area contributed by atoms with Crippen molar-refractivity contribution in [3.8, 4) is 0 Å². The Balaban J connectivity index is 2.20. The van der Waals surface area contributed by atoms with Gasteiger partial charge in [-0.25, -0.2) is 4.98 Å². The van der Waals surface area contributed by atoms with Gasteiger partial charge in [0.15, 0.2) is 0 Å². The van der Waals surface area contributed by atoms with Gasteiger partial charge in [-0.15, -0.1) is 0 Å². The number of rotatable bonds is 2. The Morgan fingerprint density at radius 1 is 1.29 bits per heavy atom. The number of pyridine rings is 1. The molecule has 3 nitrogen and oxygen atoms in total. The van der Waals surface area contributed by atoms with Gasteiger partial charge in [0.1, 0.15) is 5.82 Å². The van der Waals surface area contributed by atoms with Crippen molar-refractivity contribution in [2.24, 2.45) is 0 Å². The SMILES string of the molecule is Cc1cccc(C(=O)Nc2ncccc2Br)c1. The second-order valence-electron chi connectivity index (χ2n) is 3.66. The number of aryl methyl sites for hydroxylation is 1. The van der Waals surface area contributed by atoms with Crippen molar-refractivity contribution in [3.63, 3.8) is 0 Å². The molecule has 4 heteroatoms. The standard InChI is InChI=1S/C13H11BrN2O/c1-9-4-2-5-10(8-9)13(17)16-12-11(14)6-3-7-15-12/h2-8H,1H3,(H,15,16,17). The van der Waals surface area contributed by atoms with Gasteiger partial charge in [-0.3, -0.25) is 4.79 Å². The fourth-order valence-corrected chi connectivity index (χ4v) is 1.80. The van der Waals surface area contributed by atoms with E-state index in [0.717, 1.165) is 10.0 Å². The average molecular weight is 291 g/mol. The zero-order valence-electron chi connectivity index (χ0n) is 9.27. The van der Waals surface area contributed by atoms with Gasteiger partial charge in [0.25, 0.3) is 5.91 Å². The van der Waals surface area contributed by atoms with Crippen LogP contribution in [0.25, 0.3) is 0 Å². The zero-order valence-corrected chi connectivity index (χ0v) is 10.9. The minimum Gasteiger partial charge on any atom is -0.306 e. The molecule has 1 aromatic heterocycles. The monoisotopic (exact) mass is 290 g/mol. The van der Waals surface area contributed by atoms with Crippen molar-refractivity contribution < 1.29 is 4.79 Å². The van der Waals surface area contributed by atoms with Crippen molar-refractivity contribution in [2.45, 2.75) is 6.92 Å². The molecule has 2 rings (SSSR count). The summed E-state index contributed by atoms with van der Waals surface area (Å²) in [6, 6.07) is 11.1. The smallest absolute Gasteiger partial charge is 0.256 e. The molecule has 17 heavy (non-hydrogen) atoms. The Bertz CT molecular complexity index is 555. The van der Waals surface area contributed by atoms with E-state index in [2.05, 4.69) is 26.2 Å². The van der Waals surface area contributed by atoms with Crippen LogP contribution in [0.1, 0.15) is 15.9 Å². The third kappa shape index (κ3) is 2.91. The normalized spacial score (nSPS) is 10.0. The maximum absolute atomic E-state index is 11.9. The molecule has 0 radical (unpaired) electrons. The quantitative estimate of drug-likeness (QED) is 0.921. The maximum Gasteiger partial charge on any atom is 0.256 e. The first-order chi connectivity index (χ1) is 8.16. The number of carbonyl (C=O) groups is 1. The Morgan fingerprint density at radius 2 is 2.12 bits per heavy atom. The molecule has 0 unspecified atom stereocenters. The molecule has 0 atom stereocenters. The van der Waals surface area contributed by atoms with Crippen LogP contribution in [0, 0.1) is 6.92 Å². The minimum atomic E-state index is -0.159. The second kappa shape index (κ2) is 5.10. The lowest BCUT2D eigenvalue weighted by atomic mass is 10.1. The summed E-state index contributed by atoms with van der Waals surface area (Å²) in [4.78, 5) is 16.0. The summed E-state index contributed by atoms with van der Waals surface area (Å²) < 4.78 is 0.765. The van der Waals surface area contributed by atoms with E-state index >= 15 is 0 Å². The number of benzene rings is 1. The van der Waals surface area contributed by atoms with Gasteiger partial charge in [-0.1, -0.05) is 17.7 Å². The highest BCUT2D eigenvalue weighted by atomic mass is 79.9. The van der Waals surface area contributed by atoms with Crippen LogP contribution in [0.15, 0.2) is 47.1 Å². The highest BCUT2D eigenvalue weighted by molar-refractivity contribution is 9.10. The van der Waals surface area contributed by atoms with Gasteiger partial charge in [0.05, 0.1) is 4.47 Å². The predicted molar refractivity (Wildman–Crippen MR) is 71.1 cm³/mol. The van der Waals surface area contributed by atoms with E-state index in [0.29, 0.717) is 11.4 Å². The van der Waals surface area contributed by atoms with Crippen LogP contribution in [0.2, 0.25) is 0 Å². The molecular formula is C13H11BrN2O. The van der Waals surface area contributed by atoms with Crippen LogP contribution in [-0.2, 0) is 0 Å². The van der Waals surface area contributed by atoms with E-state index in [-0.39, 0.29) is 5.91 Å².